The number of carbonyl (C=O) groups excluding carboxylic acids is 2. The Morgan fingerprint density at radius 2 is 0.679 bits per heavy atom. The second kappa shape index (κ2) is 66.6. The second-order valence-electron chi connectivity index (χ2n) is 23.0. The van der Waals surface area contributed by atoms with Crippen molar-refractivity contribution < 1.29 is 37.6 Å². The van der Waals surface area contributed by atoms with Gasteiger partial charge >= 0.3 is 19.8 Å². The number of allylic oxidation sites excluding steroid dienone is 12. The Hall–Kier alpha value is -2.55. The minimum absolute atomic E-state index is 0.0496. The first-order chi connectivity index (χ1) is 39.8. The Morgan fingerprint density at radius 1 is 0.383 bits per heavy atom. The molecular formula is C71H130NO8P. The molecule has 2 unspecified atom stereocenters. The van der Waals surface area contributed by atoms with E-state index in [4.69, 9.17) is 24.3 Å². The Labute approximate surface area is 501 Å². The molecule has 3 N–H and O–H groups in total. The van der Waals surface area contributed by atoms with Gasteiger partial charge in [0.15, 0.2) is 6.10 Å². The number of hydrogen-bond acceptors (Lipinski definition) is 8. The molecule has 0 radical (unpaired) electrons. The highest BCUT2D eigenvalue weighted by molar-refractivity contribution is 7.47. The number of esters is 2. The van der Waals surface area contributed by atoms with Gasteiger partial charge in [0.05, 0.1) is 13.2 Å². The molecule has 0 aliphatic heterocycles. The number of carbonyl (C=O) groups is 2. The quantitative estimate of drug-likeness (QED) is 0.0264. The van der Waals surface area contributed by atoms with Crippen LogP contribution in [0.25, 0.3) is 0 Å². The van der Waals surface area contributed by atoms with Crippen LogP contribution in [-0.2, 0) is 32.7 Å². The molecule has 0 aromatic carbocycles. The first kappa shape index (κ1) is 78.5. The Balaban J connectivity index is 3.75. The number of unbranched alkanes of at least 4 members (excludes halogenated alkanes) is 40. The van der Waals surface area contributed by atoms with E-state index in [-0.39, 0.29) is 38.6 Å². The van der Waals surface area contributed by atoms with E-state index in [1.54, 1.807) is 0 Å². The first-order valence-corrected chi connectivity index (χ1v) is 35.9. The smallest absolute Gasteiger partial charge is 0.462 e. The normalized spacial score (nSPS) is 13.4. The molecule has 0 aromatic rings. The van der Waals surface area contributed by atoms with E-state index in [0.717, 1.165) is 89.9 Å². The van der Waals surface area contributed by atoms with Gasteiger partial charge in [0, 0.05) is 19.4 Å². The highest BCUT2D eigenvalue weighted by Gasteiger charge is 2.26. The molecule has 0 aliphatic carbocycles. The number of rotatable bonds is 65. The molecule has 0 saturated heterocycles. The SMILES string of the molecule is CC/C=C\C/C=C\C/C=C\C/C=C\CCCCCCCCC(=O)OC(COC(=O)CCCCCCCCCCCCCCCCCCCCCCCCCCCCCCC/C=C\C/C=C\CCCCCCC)COP(=O)(O)OCCN. The van der Waals surface area contributed by atoms with Crippen LogP contribution in [0.2, 0.25) is 0 Å². The zero-order valence-corrected chi connectivity index (χ0v) is 53.9. The van der Waals surface area contributed by atoms with Crippen LogP contribution in [0.5, 0.6) is 0 Å². The van der Waals surface area contributed by atoms with E-state index in [1.165, 1.54) is 212 Å². The summed E-state index contributed by atoms with van der Waals surface area (Å²) in [6, 6.07) is 0. The molecule has 10 heteroatoms. The molecule has 0 amide bonds. The maximum atomic E-state index is 12.7. The average molecular weight is 1160 g/mol. The fraction of sp³-hybridized carbons (Fsp3) is 0.803. The monoisotopic (exact) mass is 1160 g/mol. The highest BCUT2D eigenvalue weighted by atomic mass is 31.2. The van der Waals surface area contributed by atoms with Gasteiger partial charge in [0.2, 0.25) is 0 Å². The standard InChI is InChI=1S/C71H130NO8P/c1-3-5-7-9-11-13-15-17-19-21-23-24-25-26-27-28-29-30-31-32-33-34-35-36-37-38-39-40-41-42-43-44-46-47-49-51-53-55-57-59-61-63-70(73)77-67-69(68-79-81(75,76)78-66-65-72)80-71(74)64-62-60-58-56-54-52-50-48-45-22-20-18-16-14-12-10-8-6-4-2/h6,8,12,14-15,17-18,20-21,23,45,48,69H,3-5,7,9-11,13,16,19,22,24-44,46-47,49-68,72H2,1-2H3,(H,75,76)/b8-6-,14-12-,17-15-,20-18-,23-21-,48-45-. The van der Waals surface area contributed by atoms with Crippen LogP contribution in [0.1, 0.15) is 335 Å². The molecule has 0 saturated carbocycles. The second-order valence-corrected chi connectivity index (χ2v) is 24.5. The van der Waals surface area contributed by atoms with Crippen LogP contribution >= 0.6 is 7.82 Å². The number of ether oxygens (including phenoxy) is 2. The lowest BCUT2D eigenvalue weighted by molar-refractivity contribution is -0.161. The number of phosphoric ester groups is 1. The van der Waals surface area contributed by atoms with Gasteiger partial charge in [-0.25, -0.2) is 4.57 Å². The van der Waals surface area contributed by atoms with Crippen molar-refractivity contribution in [2.24, 2.45) is 5.73 Å². The van der Waals surface area contributed by atoms with E-state index in [1.807, 2.05) is 0 Å². The molecule has 0 bridgehead atoms. The van der Waals surface area contributed by atoms with Crippen molar-refractivity contribution in [3.8, 4) is 0 Å². The summed E-state index contributed by atoms with van der Waals surface area (Å²) in [6.07, 6.45) is 87.3. The van der Waals surface area contributed by atoms with E-state index in [2.05, 4.69) is 86.8 Å². The van der Waals surface area contributed by atoms with Gasteiger partial charge in [-0.1, -0.05) is 311 Å². The Bertz CT molecular complexity index is 1560. The number of phosphoric acid groups is 1. The molecule has 0 fully saturated rings. The summed E-state index contributed by atoms with van der Waals surface area (Å²) >= 11 is 0. The summed E-state index contributed by atoms with van der Waals surface area (Å²) < 4.78 is 33.1. The fourth-order valence-electron chi connectivity index (χ4n) is 10.0. The van der Waals surface area contributed by atoms with E-state index < -0.39 is 26.5 Å². The van der Waals surface area contributed by atoms with Crippen molar-refractivity contribution in [1.29, 1.82) is 0 Å². The maximum absolute atomic E-state index is 12.7. The van der Waals surface area contributed by atoms with Gasteiger partial charge in [0.25, 0.3) is 0 Å². The van der Waals surface area contributed by atoms with E-state index in [0.29, 0.717) is 6.42 Å². The lowest BCUT2D eigenvalue weighted by Crippen LogP contribution is -2.29. The van der Waals surface area contributed by atoms with Crippen molar-refractivity contribution in [2.75, 3.05) is 26.4 Å². The third-order valence-electron chi connectivity index (χ3n) is 15.1. The summed E-state index contributed by atoms with van der Waals surface area (Å²) in [5, 5.41) is 0. The summed E-state index contributed by atoms with van der Waals surface area (Å²) in [7, 11) is -4.40. The third-order valence-corrected chi connectivity index (χ3v) is 16.1. The molecule has 2 atom stereocenters. The van der Waals surface area contributed by atoms with Crippen molar-refractivity contribution in [3.63, 3.8) is 0 Å². The molecule has 81 heavy (non-hydrogen) atoms. The molecular weight excluding hydrogens is 1030 g/mol. The lowest BCUT2D eigenvalue weighted by atomic mass is 10.0. The lowest BCUT2D eigenvalue weighted by Gasteiger charge is -2.19. The summed E-state index contributed by atoms with van der Waals surface area (Å²) in [5.41, 5.74) is 5.39. The largest absolute Gasteiger partial charge is 0.472 e. The highest BCUT2D eigenvalue weighted by Crippen LogP contribution is 2.43. The van der Waals surface area contributed by atoms with Gasteiger partial charge < -0.3 is 20.1 Å². The van der Waals surface area contributed by atoms with Crippen molar-refractivity contribution in [2.45, 2.75) is 341 Å². The third kappa shape index (κ3) is 66.5. The van der Waals surface area contributed by atoms with E-state index >= 15 is 0 Å². The predicted octanol–water partition coefficient (Wildman–Crippen LogP) is 22.4. The maximum Gasteiger partial charge on any atom is 0.472 e. The molecule has 0 spiro atoms. The zero-order valence-electron chi connectivity index (χ0n) is 53.0. The van der Waals surface area contributed by atoms with Gasteiger partial charge in [-0.2, -0.15) is 0 Å². The topological polar surface area (TPSA) is 134 Å². The molecule has 0 aliphatic rings. The van der Waals surface area contributed by atoms with Gasteiger partial charge in [-0.15, -0.1) is 0 Å². The first-order valence-electron chi connectivity index (χ1n) is 34.4. The predicted molar refractivity (Wildman–Crippen MR) is 349 cm³/mol. The molecule has 472 valence electrons. The average Bonchev–Trinajstić information content (AvgIpc) is 3.46. The number of nitrogens with two attached hydrogens (primary N) is 1. The fourth-order valence-corrected chi connectivity index (χ4v) is 10.8. The van der Waals surface area contributed by atoms with Crippen LogP contribution < -0.4 is 5.73 Å². The van der Waals surface area contributed by atoms with Crippen molar-refractivity contribution >= 4 is 19.8 Å². The molecule has 9 nitrogen and oxygen atoms in total. The minimum Gasteiger partial charge on any atom is -0.462 e. The van der Waals surface area contributed by atoms with Crippen LogP contribution in [0.3, 0.4) is 0 Å². The van der Waals surface area contributed by atoms with Gasteiger partial charge in [-0.05, 0) is 83.5 Å². The zero-order chi connectivity index (χ0) is 58.7. The van der Waals surface area contributed by atoms with Crippen molar-refractivity contribution in [3.05, 3.63) is 72.9 Å². The number of hydrogen-bond donors (Lipinski definition) is 2. The Morgan fingerprint density at radius 3 is 1.01 bits per heavy atom. The van der Waals surface area contributed by atoms with Crippen molar-refractivity contribution in [1.82, 2.24) is 0 Å². The van der Waals surface area contributed by atoms with Crippen LogP contribution in [0, 0.1) is 0 Å². The van der Waals surface area contributed by atoms with Gasteiger partial charge in [0.1, 0.15) is 6.61 Å². The van der Waals surface area contributed by atoms with Crippen LogP contribution in [0.4, 0.5) is 0 Å². The summed E-state index contributed by atoms with van der Waals surface area (Å²) in [4.78, 5) is 35.3. The molecule has 0 rings (SSSR count). The molecule has 0 aromatic heterocycles. The summed E-state index contributed by atoms with van der Waals surface area (Å²) in [5.74, 6) is -0.833. The van der Waals surface area contributed by atoms with Crippen LogP contribution in [-0.4, -0.2) is 49.3 Å². The Kier molecular flexibility index (Phi) is 64.5. The van der Waals surface area contributed by atoms with Crippen LogP contribution in [0.15, 0.2) is 72.9 Å². The van der Waals surface area contributed by atoms with E-state index in [9.17, 15) is 19.0 Å². The minimum atomic E-state index is -4.40. The van der Waals surface area contributed by atoms with Gasteiger partial charge in [-0.3, -0.25) is 18.6 Å². The molecule has 0 heterocycles. The summed E-state index contributed by atoms with van der Waals surface area (Å²) in [6.45, 7) is 3.64.